The summed E-state index contributed by atoms with van der Waals surface area (Å²) in [5, 5.41) is 2.74. The van der Waals surface area contributed by atoms with Gasteiger partial charge in [-0.05, 0) is 55.7 Å². The molecular weight excluding hydrogens is 435 g/mol. The average Bonchev–Trinajstić information content (AvgIpc) is 3.21. The van der Waals surface area contributed by atoms with Gasteiger partial charge < -0.3 is 15.1 Å². The Morgan fingerprint density at radius 3 is 2.42 bits per heavy atom. The summed E-state index contributed by atoms with van der Waals surface area (Å²) in [6.45, 7) is 1.41. The van der Waals surface area contributed by atoms with Crippen molar-refractivity contribution in [2.75, 3.05) is 29.9 Å². The summed E-state index contributed by atoms with van der Waals surface area (Å²) in [5.41, 5.74) is 0.172. The van der Waals surface area contributed by atoms with Gasteiger partial charge in [-0.2, -0.15) is 13.2 Å². The van der Waals surface area contributed by atoms with E-state index in [0.717, 1.165) is 31.4 Å². The summed E-state index contributed by atoms with van der Waals surface area (Å²) in [7, 11) is 0. The first-order valence-electron chi connectivity index (χ1n) is 10.9. The van der Waals surface area contributed by atoms with Crippen LogP contribution >= 0.6 is 0 Å². The van der Waals surface area contributed by atoms with Crippen molar-refractivity contribution < 1.29 is 27.6 Å². The van der Waals surface area contributed by atoms with E-state index in [1.165, 1.54) is 17.0 Å². The third kappa shape index (κ3) is 5.18. The molecule has 3 amide bonds. The zero-order valence-corrected chi connectivity index (χ0v) is 17.9. The van der Waals surface area contributed by atoms with E-state index in [1.807, 2.05) is 0 Å². The molecule has 33 heavy (non-hydrogen) atoms. The molecule has 0 spiro atoms. The molecule has 2 aromatic rings. The van der Waals surface area contributed by atoms with E-state index in [-0.39, 0.29) is 24.6 Å². The van der Waals surface area contributed by atoms with Crippen LogP contribution in [0.15, 0.2) is 48.5 Å². The first-order chi connectivity index (χ1) is 15.7. The number of halogens is 3. The number of benzene rings is 2. The van der Waals surface area contributed by atoms with Gasteiger partial charge in [-0.25, -0.2) is 0 Å². The van der Waals surface area contributed by atoms with Gasteiger partial charge in [-0.15, -0.1) is 0 Å². The predicted octanol–water partition coefficient (Wildman–Crippen LogP) is 4.32. The molecule has 4 rings (SSSR count). The predicted molar refractivity (Wildman–Crippen MR) is 117 cm³/mol. The van der Waals surface area contributed by atoms with Crippen LogP contribution in [-0.4, -0.2) is 42.3 Å². The molecule has 6 nitrogen and oxygen atoms in total. The zero-order chi connectivity index (χ0) is 23.6. The molecule has 0 aliphatic carbocycles. The monoisotopic (exact) mass is 459 g/mol. The average molecular weight is 459 g/mol. The van der Waals surface area contributed by atoms with Gasteiger partial charge in [0.25, 0.3) is 5.91 Å². The van der Waals surface area contributed by atoms with Crippen LogP contribution in [0.1, 0.15) is 41.6 Å². The highest BCUT2D eigenvalue weighted by atomic mass is 19.4. The normalized spacial score (nSPS) is 19.0. The van der Waals surface area contributed by atoms with Gasteiger partial charge >= 0.3 is 6.18 Å². The van der Waals surface area contributed by atoms with Crippen molar-refractivity contribution in [3.63, 3.8) is 0 Å². The van der Waals surface area contributed by atoms with Crippen molar-refractivity contribution >= 4 is 29.1 Å². The lowest BCUT2D eigenvalue weighted by Gasteiger charge is -2.26. The summed E-state index contributed by atoms with van der Waals surface area (Å²) in [6.07, 6.45) is -1.57. The van der Waals surface area contributed by atoms with Crippen molar-refractivity contribution in [1.29, 1.82) is 0 Å². The molecule has 2 aromatic carbocycles. The van der Waals surface area contributed by atoms with E-state index in [9.17, 15) is 27.6 Å². The molecule has 0 saturated carbocycles. The summed E-state index contributed by atoms with van der Waals surface area (Å²) in [6, 6.07) is 11.2. The third-order valence-electron chi connectivity index (χ3n) is 6.00. The lowest BCUT2D eigenvalue weighted by molar-refractivity contribution is -0.137. The molecule has 0 aromatic heterocycles. The highest BCUT2D eigenvalue weighted by Crippen LogP contribution is 2.33. The third-order valence-corrected chi connectivity index (χ3v) is 6.00. The van der Waals surface area contributed by atoms with Crippen molar-refractivity contribution in [1.82, 2.24) is 4.90 Å². The smallest absolute Gasteiger partial charge is 0.339 e. The van der Waals surface area contributed by atoms with Crippen LogP contribution in [0.2, 0.25) is 0 Å². The van der Waals surface area contributed by atoms with Crippen LogP contribution in [0.5, 0.6) is 0 Å². The van der Waals surface area contributed by atoms with E-state index in [0.29, 0.717) is 24.3 Å². The summed E-state index contributed by atoms with van der Waals surface area (Å²) in [5.74, 6) is -1.63. The van der Waals surface area contributed by atoms with E-state index in [1.54, 1.807) is 29.2 Å². The molecule has 0 radical (unpaired) electrons. The standard InChI is InChI=1S/C24H24F3N3O3/c25-24(26,27)18-7-5-9-20(14-18)30-15-17(13-21(30)31)22(32)28-19-8-4-6-16(12-19)23(33)29-10-2-1-3-11-29/h4-9,12,14,17H,1-3,10-11,13,15H2,(H,28,32). The minimum absolute atomic E-state index is 0.0155. The minimum Gasteiger partial charge on any atom is -0.339 e. The van der Waals surface area contributed by atoms with Crippen LogP contribution in [0.3, 0.4) is 0 Å². The Bertz CT molecular complexity index is 1060. The molecule has 1 unspecified atom stereocenters. The number of hydrogen-bond acceptors (Lipinski definition) is 3. The van der Waals surface area contributed by atoms with Crippen molar-refractivity contribution in [2.24, 2.45) is 5.92 Å². The van der Waals surface area contributed by atoms with E-state index in [4.69, 9.17) is 0 Å². The largest absolute Gasteiger partial charge is 0.416 e. The van der Waals surface area contributed by atoms with Gasteiger partial charge in [0.1, 0.15) is 0 Å². The van der Waals surface area contributed by atoms with E-state index >= 15 is 0 Å². The van der Waals surface area contributed by atoms with Crippen LogP contribution in [-0.2, 0) is 15.8 Å². The number of anilines is 2. The number of carbonyl (C=O) groups is 3. The first-order valence-corrected chi connectivity index (χ1v) is 10.9. The molecule has 2 aliphatic heterocycles. The molecule has 9 heteroatoms. The Labute approximate surface area is 189 Å². The number of carbonyl (C=O) groups excluding carboxylic acids is 3. The first kappa shape index (κ1) is 22.8. The number of nitrogens with one attached hydrogen (secondary N) is 1. The fourth-order valence-electron chi connectivity index (χ4n) is 4.24. The number of alkyl halides is 3. The highest BCUT2D eigenvalue weighted by molar-refractivity contribution is 6.04. The molecule has 0 bridgehead atoms. The number of nitrogens with zero attached hydrogens (tertiary/aromatic N) is 2. The Balaban J connectivity index is 1.42. The van der Waals surface area contributed by atoms with Gasteiger partial charge in [-0.1, -0.05) is 12.1 Å². The number of hydrogen-bond donors (Lipinski definition) is 1. The van der Waals surface area contributed by atoms with Crippen molar-refractivity contribution in [2.45, 2.75) is 31.9 Å². The highest BCUT2D eigenvalue weighted by Gasteiger charge is 2.37. The van der Waals surface area contributed by atoms with Crippen LogP contribution in [0, 0.1) is 5.92 Å². The lowest BCUT2D eigenvalue weighted by Crippen LogP contribution is -2.35. The summed E-state index contributed by atoms with van der Waals surface area (Å²) < 4.78 is 39.0. The molecule has 1 N–H and O–H groups in total. The van der Waals surface area contributed by atoms with Gasteiger partial charge in [0, 0.05) is 43.0 Å². The second-order valence-corrected chi connectivity index (χ2v) is 8.38. The van der Waals surface area contributed by atoms with E-state index < -0.39 is 29.5 Å². The minimum atomic E-state index is -4.52. The topological polar surface area (TPSA) is 69.7 Å². The molecule has 2 heterocycles. The number of piperidine rings is 1. The van der Waals surface area contributed by atoms with E-state index in [2.05, 4.69) is 5.32 Å². The number of likely N-dealkylation sites (tertiary alicyclic amines) is 1. The molecule has 1 atom stereocenters. The van der Waals surface area contributed by atoms with Crippen LogP contribution in [0.4, 0.5) is 24.5 Å². The second kappa shape index (κ2) is 9.25. The molecule has 174 valence electrons. The molecular formula is C24H24F3N3O3. The quantitative estimate of drug-likeness (QED) is 0.740. The summed E-state index contributed by atoms with van der Waals surface area (Å²) >= 11 is 0. The number of amides is 3. The Morgan fingerprint density at radius 1 is 0.970 bits per heavy atom. The van der Waals surface area contributed by atoms with Crippen LogP contribution in [0.25, 0.3) is 0 Å². The summed E-state index contributed by atoms with van der Waals surface area (Å²) in [4.78, 5) is 40.9. The van der Waals surface area contributed by atoms with Gasteiger partial charge in [0.2, 0.25) is 11.8 Å². The maximum atomic E-state index is 13.0. The van der Waals surface area contributed by atoms with Crippen LogP contribution < -0.4 is 10.2 Å². The Hall–Kier alpha value is -3.36. The fraction of sp³-hybridized carbons (Fsp3) is 0.375. The molecule has 2 saturated heterocycles. The fourth-order valence-corrected chi connectivity index (χ4v) is 4.24. The maximum absolute atomic E-state index is 13.0. The lowest BCUT2D eigenvalue weighted by atomic mass is 10.1. The van der Waals surface area contributed by atoms with Crippen molar-refractivity contribution in [3.8, 4) is 0 Å². The maximum Gasteiger partial charge on any atom is 0.416 e. The van der Waals surface area contributed by atoms with Gasteiger partial charge in [0.15, 0.2) is 0 Å². The number of rotatable bonds is 4. The van der Waals surface area contributed by atoms with Crippen molar-refractivity contribution in [3.05, 3.63) is 59.7 Å². The van der Waals surface area contributed by atoms with Gasteiger partial charge in [0.05, 0.1) is 11.5 Å². The molecule has 2 fully saturated rings. The Morgan fingerprint density at radius 2 is 1.70 bits per heavy atom. The Kier molecular flexibility index (Phi) is 6.40. The van der Waals surface area contributed by atoms with Gasteiger partial charge in [-0.3, -0.25) is 14.4 Å². The zero-order valence-electron chi connectivity index (χ0n) is 17.9. The SMILES string of the molecule is O=C(Nc1cccc(C(=O)N2CCCCC2)c1)C1CC(=O)N(c2cccc(C(F)(F)F)c2)C1. The molecule has 2 aliphatic rings. The second-order valence-electron chi connectivity index (χ2n) is 8.38.